The topological polar surface area (TPSA) is 69.9 Å². The lowest BCUT2D eigenvalue weighted by atomic mass is 9.32. The Bertz CT molecular complexity index is 881. The van der Waals surface area contributed by atoms with Gasteiger partial charge in [0.1, 0.15) is 0 Å². The standard InChI is InChI=1S/C31H52O4/c1-18-9-12-31(17-32)14-13-28(5)20(25(31)19(18)2)15-21(35-8)26-29(28,6)11-10-22-27(3,4)23(33)16-24(34)30(22,26)7/h15,18-19,21-26,32-34H,9-14,16-17H2,1-8H3/t18-,19+,21-,22?,23+,24-,25+,26?,28-,29-,30-,31-/m1/s1. The van der Waals surface area contributed by atoms with Crippen LogP contribution in [0.5, 0.6) is 0 Å². The van der Waals surface area contributed by atoms with E-state index in [1.165, 1.54) is 6.42 Å². The molecule has 0 aromatic heterocycles. The molecule has 0 spiro atoms. The third kappa shape index (κ3) is 3.06. The molecule has 4 nitrogen and oxygen atoms in total. The maximum atomic E-state index is 11.7. The van der Waals surface area contributed by atoms with Gasteiger partial charge < -0.3 is 20.1 Å². The van der Waals surface area contributed by atoms with E-state index in [0.29, 0.717) is 24.2 Å². The van der Waals surface area contributed by atoms with Crippen LogP contribution in [0.1, 0.15) is 93.4 Å². The van der Waals surface area contributed by atoms with Gasteiger partial charge in [-0.1, -0.05) is 60.1 Å². The molecule has 5 aliphatic rings. The molecule has 5 rings (SSSR count). The van der Waals surface area contributed by atoms with Gasteiger partial charge in [-0.25, -0.2) is 0 Å². The van der Waals surface area contributed by atoms with Crippen molar-refractivity contribution in [2.75, 3.05) is 13.7 Å². The monoisotopic (exact) mass is 488 g/mol. The molecule has 5 aliphatic carbocycles. The fourth-order valence-corrected chi connectivity index (χ4v) is 11.1. The maximum absolute atomic E-state index is 11.7. The van der Waals surface area contributed by atoms with Crippen molar-refractivity contribution in [2.24, 2.45) is 56.7 Å². The Morgan fingerprint density at radius 2 is 1.63 bits per heavy atom. The van der Waals surface area contributed by atoms with Gasteiger partial charge in [-0.2, -0.15) is 0 Å². The highest BCUT2D eigenvalue weighted by atomic mass is 16.5. The van der Waals surface area contributed by atoms with Gasteiger partial charge in [0.15, 0.2) is 0 Å². The molecule has 0 aromatic carbocycles. The summed E-state index contributed by atoms with van der Waals surface area (Å²) in [4.78, 5) is 0. The van der Waals surface area contributed by atoms with Crippen LogP contribution in [-0.4, -0.2) is 47.3 Å². The minimum atomic E-state index is -0.537. The van der Waals surface area contributed by atoms with Gasteiger partial charge in [0, 0.05) is 36.9 Å². The molecule has 2 unspecified atom stereocenters. The van der Waals surface area contributed by atoms with Crippen LogP contribution in [0.4, 0.5) is 0 Å². The molecule has 0 bridgehead atoms. The molecule has 0 amide bonds. The molecule has 4 fully saturated rings. The van der Waals surface area contributed by atoms with Crippen LogP contribution >= 0.6 is 0 Å². The predicted molar refractivity (Wildman–Crippen MR) is 140 cm³/mol. The number of hydrogen-bond acceptors (Lipinski definition) is 4. The van der Waals surface area contributed by atoms with Crippen LogP contribution in [0.2, 0.25) is 0 Å². The Kier molecular flexibility index (Phi) is 6.02. The van der Waals surface area contributed by atoms with Crippen LogP contribution in [0, 0.1) is 56.7 Å². The highest BCUT2D eigenvalue weighted by Crippen LogP contribution is 2.75. The molecule has 12 atom stereocenters. The van der Waals surface area contributed by atoms with E-state index in [0.717, 1.165) is 32.1 Å². The first-order valence-corrected chi connectivity index (χ1v) is 14.5. The number of methoxy groups -OCH3 is 1. The number of fused-ring (bicyclic) bond motifs is 7. The number of aliphatic hydroxyl groups is 3. The largest absolute Gasteiger partial charge is 0.396 e. The number of hydrogen-bond donors (Lipinski definition) is 3. The van der Waals surface area contributed by atoms with Crippen molar-refractivity contribution in [3.63, 3.8) is 0 Å². The van der Waals surface area contributed by atoms with E-state index in [1.54, 1.807) is 5.57 Å². The summed E-state index contributed by atoms with van der Waals surface area (Å²) in [6.07, 6.45) is 8.50. The van der Waals surface area contributed by atoms with Gasteiger partial charge in [0.25, 0.3) is 0 Å². The molecule has 4 heteroatoms. The summed E-state index contributed by atoms with van der Waals surface area (Å²) in [5.41, 5.74) is 1.01. The summed E-state index contributed by atoms with van der Waals surface area (Å²) in [6.45, 7) is 16.9. The SMILES string of the molecule is CO[C@@H]1C=C2[C@@H]3[C@@H](C)[C@H](C)CC[C@]3(CO)CC[C@@]2(C)[C@]2(C)CCC3C(C)(C)[C@@H](O)C[C@@H](O)[C@]3(C)C12. The highest BCUT2D eigenvalue weighted by Gasteiger charge is 2.72. The van der Waals surface area contributed by atoms with Crippen molar-refractivity contribution in [3.8, 4) is 0 Å². The zero-order chi connectivity index (χ0) is 25.8. The van der Waals surface area contributed by atoms with E-state index in [-0.39, 0.29) is 51.6 Å². The number of ether oxygens (including phenoxy) is 1. The Labute approximate surface area is 213 Å². The normalized spacial score (nSPS) is 57.3. The third-order valence-electron chi connectivity index (χ3n) is 13.8. The Balaban J connectivity index is 1.69. The number of allylic oxidation sites excluding steroid dienone is 1. The Hall–Kier alpha value is -0.420. The minimum Gasteiger partial charge on any atom is -0.396 e. The van der Waals surface area contributed by atoms with Crippen LogP contribution in [0.25, 0.3) is 0 Å². The fraction of sp³-hybridized carbons (Fsp3) is 0.935. The van der Waals surface area contributed by atoms with E-state index in [2.05, 4.69) is 54.5 Å². The fourth-order valence-electron chi connectivity index (χ4n) is 11.1. The zero-order valence-corrected chi connectivity index (χ0v) is 23.6. The van der Waals surface area contributed by atoms with Crippen LogP contribution < -0.4 is 0 Å². The first-order valence-electron chi connectivity index (χ1n) is 14.5. The van der Waals surface area contributed by atoms with Crippen molar-refractivity contribution >= 4 is 0 Å². The van der Waals surface area contributed by atoms with Gasteiger partial charge in [-0.15, -0.1) is 0 Å². The maximum Gasteiger partial charge on any atom is 0.0794 e. The lowest BCUT2D eigenvalue weighted by Gasteiger charge is -2.73. The number of aliphatic hydroxyl groups excluding tert-OH is 3. The molecule has 0 radical (unpaired) electrons. The first kappa shape index (κ1) is 26.2. The van der Waals surface area contributed by atoms with Gasteiger partial charge in [-0.3, -0.25) is 0 Å². The molecule has 0 heterocycles. The van der Waals surface area contributed by atoms with Crippen molar-refractivity contribution in [3.05, 3.63) is 11.6 Å². The van der Waals surface area contributed by atoms with E-state index in [4.69, 9.17) is 4.74 Å². The third-order valence-corrected chi connectivity index (χ3v) is 13.8. The average molecular weight is 489 g/mol. The lowest BCUT2D eigenvalue weighted by molar-refractivity contribution is -0.263. The molecule has 35 heavy (non-hydrogen) atoms. The average Bonchev–Trinajstić information content (AvgIpc) is 2.80. The molecule has 0 aromatic rings. The van der Waals surface area contributed by atoms with Crippen LogP contribution in [0.3, 0.4) is 0 Å². The smallest absolute Gasteiger partial charge is 0.0794 e. The molecule has 200 valence electrons. The summed E-state index contributed by atoms with van der Waals surface area (Å²) >= 11 is 0. The summed E-state index contributed by atoms with van der Waals surface area (Å²) in [6, 6.07) is 0. The summed E-state index contributed by atoms with van der Waals surface area (Å²) < 4.78 is 6.37. The Morgan fingerprint density at radius 3 is 2.26 bits per heavy atom. The van der Waals surface area contributed by atoms with Crippen LogP contribution in [0.15, 0.2) is 11.6 Å². The van der Waals surface area contributed by atoms with E-state index in [1.807, 2.05) is 7.11 Å². The van der Waals surface area contributed by atoms with E-state index < -0.39 is 12.2 Å². The number of rotatable bonds is 2. The molecular weight excluding hydrogens is 436 g/mol. The van der Waals surface area contributed by atoms with Gasteiger partial charge in [0.05, 0.1) is 18.3 Å². The highest BCUT2D eigenvalue weighted by molar-refractivity contribution is 5.36. The van der Waals surface area contributed by atoms with Crippen molar-refractivity contribution in [1.82, 2.24) is 0 Å². The Morgan fingerprint density at radius 1 is 0.943 bits per heavy atom. The summed E-state index contributed by atoms with van der Waals surface area (Å²) in [7, 11) is 1.85. The second-order valence-electron chi connectivity index (χ2n) is 15.0. The zero-order valence-electron chi connectivity index (χ0n) is 23.6. The predicted octanol–water partition coefficient (Wildman–Crippen LogP) is 5.59. The molecule has 3 N–H and O–H groups in total. The molecule has 4 saturated carbocycles. The summed E-state index contributed by atoms with van der Waals surface area (Å²) in [5.74, 6) is 2.03. The van der Waals surface area contributed by atoms with Gasteiger partial charge in [-0.05, 0) is 78.4 Å². The quantitative estimate of drug-likeness (QED) is 0.443. The minimum absolute atomic E-state index is 0.00366. The first-order chi connectivity index (χ1) is 16.2. The van der Waals surface area contributed by atoms with Crippen molar-refractivity contribution in [2.45, 2.75) is 112 Å². The van der Waals surface area contributed by atoms with Crippen molar-refractivity contribution < 1.29 is 20.1 Å². The lowest BCUT2D eigenvalue weighted by Crippen LogP contribution is -2.71. The van der Waals surface area contributed by atoms with Crippen molar-refractivity contribution in [1.29, 1.82) is 0 Å². The van der Waals surface area contributed by atoms with E-state index >= 15 is 0 Å². The second kappa shape index (κ2) is 8.04. The van der Waals surface area contributed by atoms with Gasteiger partial charge in [0.2, 0.25) is 0 Å². The summed E-state index contributed by atoms with van der Waals surface area (Å²) in [5, 5.41) is 33.5. The van der Waals surface area contributed by atoms with Gasteiger partial charge >= 0.3 is 0 Å². The van der Waals surface area contributed by atoms with Crippen LogP contribution in [-0.2, 0) is 4.74 Å². The molecular formula is C31H52O4. The molecule has 0 saturated heterocycles. The second-order valence-corrected chi connectivity index (χ2v) is 15.0. The van der Waals surface area contributed by atoms with E-state index in [9.17, 15) is 15.3 Å². The molecule has 0 aliphatic heterocycles.